The maximum Gasteiger partial charge on any atom is 0.260 e. The minimum absolute atomic E-state index is 0.0273. The summed E-state index contributed by atoms with van der Waals surface area (Å²) in [7, 11) is 0. The molecule has 5 atom stereocenters. The lowest BCUT2D eigenvalue weighted by Crippen LogP contribution is -2.45. The first kappa shape index (κ1) is 32.7. The predicted octanol–water partition coefficient (Wildman–Crippen LogP) is -2.03. The van der Waals surface area contributed by atoms with Crippen molar-refractivity contribution >= 4 is 23.9 Å². The van der Waals surface area contributed by atoms with Gasteiger partial charge in [0.15, 0.2) is 12.9 Å². The van der Waals surface area contributed by atoms with E-state index < -0.39 is 42.5 Å². The lowest BCUT2D eigenvalue weighted by Gasteiger charge is -2.30. The first-order valence-corrected chi connectivity index (χ1v) is 11.7. The second-order valence-corrected chi connectivity index (χ2v) is 9.06. The van der Waals surface area contributed by atoms with Gasteiger partial charge in [0.05, 0.1) is 6.21 Å². The van der Waals surface area contributed by atoms with Crippen molar-refractivity contribution in [2.75, 3.05) is 19.7 Å². The standard InChI is InChI=1S/C22H42N4O9/c1-6-22(5,10-14(4)19(31)26-13(2)3)21(34)24-9-7-8-23-16(28)12-35-25-11-15(27)17(29)18(30)20(32)33/h11,13-15,17-18,20,27,29-30,32-33H,6-10,12H2,1-5H3,(H,23,28)(H,24,34)(H,26,31)/b25-11+/t14?,15-,17-,18+,22?/m1/s1. The molecular formula is C22H42N4O9. The number of nitrogens with one attached hydrogen (secondary N) is 3. The molecule has 3 amide bonds. The lowest BCUT2D eigenvalue weighted by molar-refractivity contribution is -0.169. The van der Waals surface area contributed by atoms with Crippen molar-refractivity contribution in [3.63, 3.8) is 0 Å². The fourth-order valence-electron chi connectivity index (χ4n) is 3.04. The number of aliphatic hydroxyl groups excluding tert-OH is 4. The zero-order valence-electron chi connectivity index (χ0n) is 21.1. The minimum Gasteiger partial charge on any atom is -0.387 e. The molecule has 0 bridgehead atoms. The van der Waals surface area contributed by atoms with Gasteiger partial charge in [-0.3, -0.25) is 14.4 Å². The average molecular weight is 507 g/mol. The van der Waals surface area contributed by atoms with Gasteiger partial charge in [0, 0.05) is 30.5 Å². The summed E-state index contributed by atoms with van der Waals surface area (Å²) in [6, 6.07) is 0.0273. The predicted molar refractivity (Wildman–Crippen MR) is 127 cm³/mol. The normalized spacial score (nSPS) is 16.9. The van der Waals surface area contributed by atoms with Crippen LogP contribution in [-0.2, 0) is 19.2 Å². The molecule has 0 saturated heterocycles. The maximum atomic E-state index is 12.7. The second kappa shape index (κ2) is 16.4. The molecule has 204 valence electrons. The van der Waals surface area contributed by atoms with Gasteiger partial charge in [-0.2, -0.15) is 0 Å². The Kier molecular flexibility index (Phi) is 15.3. The maximum absolute atomic E-state index is 12.7. The van der Waals surface area contributed by atoms with Crippen molar-refractivity contribution in [3.05, 3.63) is 0 Å². The van der Waals surface area contributed by atoms with Crippen LogP contribution in [0.25, 0.3) is 0 Å². The summed E-state index contributed by atoms with van der Waals surface area (Å²) in [5.41, 5.74) is -0.702. The van der Waals surface area contributed by atoms with Crippen LogP contribution in [0.1, 0.15) is 53.9 Å². The third-order valence-corrected chi connectivity index (χ3v) is 5.41. The molecule has 0 aromatic heterocycles. The first-order valence-electron chi connectivity index (χ1n) is 11.7. The van der Waals surface area contributed by atoms with E-state index in [2.05, 4.69) is 25.9 Å². The van der Waals surface area contributed by atoms with Gasteiger partial charge < -0.3 is 46.3 Å². The van der Waals surface area contributed by atoms with Crippen LogP contribution < -0.4 is 16.0 Å². The van der Waals surface area contributed by atoms with Crippen molar-refractivity contribution < 1.29 is 44.8 Å². The van der Waals surface area contributed by atoms with Crippen LogP contribution in [0.3, 0.4) is 0 Å². The van der Waals surface area contributed by atoms with Gasteiger partial charge in [-0.25, -0.2) is 0 Å². The number of rotatable bonds is 17. The van der Waals surface area contributed by atoms with Gasteiger partial charge >= 0.3 is 0 Å². The van der Waals surface area contributed by atoms with Crippen molar-refractivity contribution in [2.24, 2.45) is 16.5 Å². The summed E-state index contributed by atoms with van der Waals surface area (Å²) >= 11 is 0. The van der Waals surface area contributed by atoms with E-state index >= 15 is 0 Å². The van der Waals surface area contributed by atoms with Gasteiger partial charge in [-0.15, -0.1) is 0 Å². The second-order valence-electron chi connectivity index (χ2n) is 9.06. The molecule has 0 spiro atoms. The highest BCUT2D eigenvalue weighted by Crippen LogP contribution is 2.30. The van der Waals surface area contributed by atoms with Gasteiger partial charge in [-0.1, -0.05) is 25.9 Å². The van der Waals surface area contributed by atoms with Crippen LogP contribution in [0.4, 0.5) is 0 Å². The largest absolute Gasteiger partial charge is 0.387 e. The Morgan fingerprint density at radius 3 is 2.14 bits per heavy atom. The van der Waals surface area contributed by atoms with Crippen LogP contribution in [0, 0.1) is 11.3 Å². The Bertz CT molecular complexity index is 690. The van der Waals surface area contributed by atoms with Crippen LogP contribution in [0.5, 0.6) is 0 Å². The van der Waals surface area contributed by atoms with Crippen molar-refractivity contribution in [3.8, 4) is 0 Å². The number of oxime groups is 1. The fraction of sp³-hybridized carbons (Fsp3) is 0.818. The molecule has 0 rings (SSSR count). The summed E-state index contributed by atoms with van der Waals surface area (Å²) < 4.78 is 0. The molecule has 0 fully saturated rings. The zero-order chi connectivity index (χ0) is 27.2. The number of hydrogen-bond donors (Lipinski definition) is 8. The molecule has 13 heteroatoms. The highest BCUT2D eigenvalue weighted by Gasteiger charge is 2.34. The van der Waals surface area contributed by atoms with E-state index in [0.717, 1.165) is 0 Å². The molecule has 0 aromatic rings. The number of hydrogen-bond acceptors (Lipinski definition) is 10. The molecule has 2 unspecified atom stereocenters. The third-order valence-electron chi connectivity index (χ3n) is 5.41. The van der Waals surface area contributed by atoms with E-state index in [4.69, 9.17) is 10.2 Å². The number of carbonyl (C=O) groups is 3. The van der Waals surface area contributed by atoms with E-state index in [1.165, 1.54) is 0 Å². The molecule has 0 heterocycles. The van der Waals surface area contributed by atoms with Crippen molar-refractivity contribution in [1.82, 2.24) is 16.0 Å². The van der Waals surface area contributed by atoms with E-state index in [1.54, 1.807) is 6.92 Å². The summed E-state index contributed by atoms with van der Waals surface area (Å²) in [5, 5.41) is 57.2. The van der Waals surface area contributed by atoms with Gasteiger partial charge in [0.1, 0.15) is 18.3 Å². The van der Waals surface area contributed by atoms with Gasteiger partial charge in [-0.05, 0) is 33.1 Å². The van der Waals surface area contributed by atoms with Crippen LogP contribution >= 0.6 is 0 Å². The monoisotopic (exact) mass is 506 g/mol. The van der Waals surface area contributed by atoms with Crippen LogP contribution in [-0.4, -0.2) is 99.8 Å². The summed E-state index contributed by atoms with van der Waals surface area (Å²) in [5.74, 6) is -1.08. The van der Waals surface area contributed by atoms with Crippen molar-refractivity contribution in [2.45, 2.75) is 84.5 Å². The summed E-state index contributed by atoms with van der Waals surface area (Å²) in [6.07, 6.45) is -5.80. The van der Waals surface area contributed by atoms with Crippen LogP contribution in [0.2, 0.25) is 0 Å². The van der Waals surface area contributed by atoms with Crippen molar-refractivity contribution in [1.29, 1.82) is 0 Å². The van der Waals surface area contributed by atoms with Crippen LogP contribution in [0.15, 0.2) is 5.16 Å². The molecule has 35 heavy (non-hydrogen) atoms. The molecule has 0 saturated carbocycles. The Hall–Kier alpha value is -2.32. The topological polar surface area (TPSA) is 210 Å². The molecule has 0 aliphatic carbocycles. The van der Waals surface area contributed by atoms with E-state index in [9.17, 15) is 29.7 Å². The SMILES string of the molecule is CCC(C)(CC(C)C(=O)NC(C)C)C(=O)NCCCNC(=O)CO/N=C/[C@@H](O)[C@@H](O)[C@H](O)C(O)O. The third kappa shape index (κ3) is 12.8. The van der Waals surface area contributed by atoms with Gasteiger partial charge in [0.2, 0.25) is 11.8 Å². The Morgan fingerprint density at radius 2 is 1.60 bits per heavy atom. The molecule has 0 aliphatic heterocycles. The number of nitrogens with zero attached hydrogens (tertiary/aromatic N) is 1. The molecule has 8 N–H and O–H groups in total. The Morgan fingerprint density at radius 1 is 1.00 bits per heavy atom. The fourth-order valence-corrected chi connectivity index (χ4v) is 3.04. The number of aliphatic hydroxyl groups is 5. The summed E-state index contributed by atoms with van der Waals surface area (Å²) in [6.45, 7) is 9.37. The minimum atomic E-state index is -2.25. The first-order chi connectivity index (χ1) is 16.2. The Balaban J connectivity index is 4.27. The quantitative estimate of drug-likeness (QED) is 0.0472. The highest BCUT2D eigenvalue weighted by molar-refractivity contribution is 5.84. The van der Waals surface area contributed by atoms with E-state index in [0.29, 0.717) is 32.0 Å². The molecule has 0 aliphatic rings. The smallest absolute Gasteiger partial charge is 0.260 e. The molecular weight excluding hydrogens is 464 g/mol. The number of amides is 3. The molecule has 13 nitrogen and oxygen atoms in total. The number of carbonyl (C=O) groups excluding carboxylic acids is 3. The van der Waals surface area contributed by atoms with E-state index in [-0.39, 0.29) is 30.3 Å². The lowest BCUT2D eigenvalue weighted by atomic mass is 9.78. The molecule has 0 aromatic carbocycles. The summed E-state index contributed by atoms with van der Waals surface area (Å²) in [4.78, 5) is 41.3. The zero-order valence-corrected chi connectivity index (χ0v) is 21.1. The average Bonchev–Trinajstić information content (AvgIpc) is 2.79. The van der Waals surface area contributed by atoms with E-state index in [1.807, 2.05) is 27.7 Å². The molecule has 0 radical (unpaired) electrons. The Labute approximate surface area is 205 Å². The van der Waals surface area contributed by atoms with Gasteiger partial charge in [0.25, 0.3) is 5.91 Å². The highest BCUT2D eigenvalue weighted by atomic mass is 16.6.